The van der Waals surface area contributed by atoms with E-state index in [0.717, 1.165) is 19.5 Å². The number of rotatable bonds is 2. The Hall–Kier alpha value is -0.120. The van der Waals surface area contributed by atoms with Crippen LogP contribution < -0.4 is 5.73 Å². The number of nitrogens with zero attached hydrogens (tertiary/aromatic N) is 1. The van der Waals surface area contributed by atoms with E-state index in [1.165, 1.54) is 19.3 Å². The minimum atomic E-state index is -0.0889. The molecule has 0 aromatic rings. The molecule has 0 aromatic heterocycles. The Balaban J connectivity index is 1.97. The van der Waals surface area contributed by atoms with Gasteiger partial charge in [0.1, 0.15) is 0 Å². The maximum atomic E-state index is 9.85. The summed E-state index contributed by atoms with van der Waals surface area (Å²) in [5, 5.41) is 9.85. The number of likely N-dealkylation sites (tertiary alicyclic amines) is 1. The van der Waals surface area contributed by atoms with E-state index in [4.69, 9.17) is 5.73 Å². The molecule has 2 aliphatic rings. The van der Waals surface area contributed by atoms with E-state index in [9.17, 15) is 5.11 Å². The van der Waals surface area contributed by atoms with Crippen molar-refractivity contribution in [2.45, 2.75) is 50.8 Å². The highest BCUT2D eigenvalue weighted by molar-refractivity contribution is 4.93. The van der Waals surface area contributed by atoms with E-state index < -0.39 is 0 Å². The molecule has 3 N–H and O–H groups in total. The Kier molecular flexibility index (Phi) is 3.10. The molecule has 14 heavy (non-hydrogen) atoms. The van der Waals surface area contributed by atoms with Crippen LogP contribution in [0.25, 0.3) is 0 Å². The summed E-state index contributed by atoms with van der Waals surface area (Å²) in [6.45, 7) is 4.16. The zero-order chi connectivity index (χ0) is 10.1. The Morgan fingerprint density at radius 1 is 1.43 bits per heavy atom. The van der Waals surface area contributed by atoms with Gasteiger partial charge in [0, 0.05) is 18.6 Å². The van der Waals surface area contributed by atoms with Crippen molar-refractivity contribution in [3.8, 4) is 0 Å². The highest BCUT2D eigenvalue weighted by Gasteiger charge is 2.38. The maximum Gasteiger partial charge on any atom is 0.0695 e. The van der Waals surface area contributed by atoms with E-state index in [2.05, 4.69) is 11.8 Å². The molecular weight excluding hydrogens is 176 g/mol. The summed E-state index contributed by atoms with van der Waals surface area (Å²) in [5.74, 6) is 0.651. The molecule has 0 bridgehead atoms. The van der Waals surface area contributed by atoms with Crippen molar-refractivity contribution >= 4 is 0 Å². The summed E-state index contributed by atoms with van der Waals surface area (Å²) in [5.41, 5.74) is 5.70. The first-order valence-electron chi connectivity index (χ1n) is 5.86. The fourth-order valence-corrected chi connectivity index (χ4v) is 3.11. The van der Waals surface area contributed by atoms with Crippen LogP contribution in [0.2, 0.25) is 0 Å². The van der Waals surface area contributed by atoms with Gasteiger partial charge in [-0.1, -0.05) is 0 Å². The van der Waals surface area contributed by atoms with Crippen molar-refractivity contribution in [1.82, 2.24) is 4.90 Å². The van der Waals surface area contributed by atoms with Gasteiger partial charge in [-0.25, -0.2) is 0 Å². The summed E-state index contributed by atoms with van der Waals surface area (Å²) in [6.07, 6.45) is 4.46. The fraction of sp³-hybridized carbons (Fsp3) is 1.00. The minimum absolute atomic E-state index is 0.0889. The van der Waals surface area contributed by atoms with Crippen LogP contribution in [-0.2, 0) is 0 Å². The third-order valence-corrected chi connectivity index (χ3v) is 3.91. The minimum Gasteiger partial charge on any atom is -0.391 e. The van der Waals surface area contributed by atoms with Crippen LogP contribution in [0.15, 0.2) is 0 Å². The Morgan fingerprint density at radius 2 is 2.21 bits per heavy atom. The van der Waals surface area contributed by atoms with Crippen LogP contribution in [0.5, 0.6) is 0 Å². The first-order valence-corrected chi connectivity index (χ1v) is 5.86. The molecule has 3 heteroatoms. The largest absolute Gasteiger partial charge is 0.391 e. The molecule has 4 unspecified atom stereocenters. The molecule has 0 aromatic carbocycles. The highest BCUT2D eigenvalue weighted by Crippen LogP contribution is 2.32. The van der Waals surface area contributed by atoms with Crippen LogP contribution >= 0.6 is 0 Å². The van der Waals surface area contributed by atoms with Gasteiger partial charge in [0.05, 0.1) is 6.10 Å². The molecule has 4 atom stereocenters. The first-order chi connectivity index (χ1) is 6.72. The Morgan fingerprint density at radius 3 is 2.71 bits per heavy atom. The van der Waals surface area contributed by atoms with Gasteiger partial charge in [-0.05, 0) is 45.1 Å². The summed E-state index contributed by atoms with van der Waals surface area (Å²) in [4.78, 5) is 2.48. The standard InChI is InChI=1S/C11H22N2O/c1-8-5-9(6-12)7-13(8)10-3-2-4-11(10)14/h8-11,14H,2-7,12H2,1H3. The van der Waals surface area contributed by atoms with Crippen molar-refractivity contribution in [2.75, 3.05) is 13.1 Å². The van der Waals surface area contributed by atoms with Gasteiger partial charge in [-0.2, -0.15) is 0 Å². The number of aliphatic hydroxyl groups excluding tert-OH is 1. The third-order valence-electron chi connectivity index (χ3n) is 3.91. The van der Waals surface area contributed by atoms with Gasteiger partial charge >= 0.3 is 0 Å². The van der Waals surface area contributed by atoms with Gasteiger partial charge in [0.2, 0.25) is 0 Å². The molecule has 1 heterocycles. The van der Waals surface area contributed by atoms with E-state index in [1.807, 2.05) is 0 Å². The molecular formula is C11H22N2O. The van der Waals surface area contributed by atoms with E-state index in [0.29, 0.717) is 18.0 Å². The lowest BCUT2D eigenvalue weighted by Crippen LogP contribution is -2.42. The lowest BCUT2D eigenvalue weighted by Gasteiger charge is -2.30. The second-order valence-electron chi connectivity index (χ2n) is 4.95. The van der Waals surface area contributed by atoms with Gasteiger partial charge in [0.15, 0.2) is 0 Å². The second kappa shape index (κ2) is 4.17. The molecule has 1 aliphatic carbocycles. The fourth-order valence-electron chi connectivity index (χ4n) is 3.11. The normalized spacial score (nSPS) is 44.8. The zero-order valence-electron chi connectivity index (χ0n) is 9.02. The van der Waals surface area contributed by atoms with Crippen LogP contribution in [0.1, 0.15) is 32.6 Å². The van der Waals surface area contributed by atoms with Crippen LogP contribution in [0.4, 0.5) is 0 Å². The van der Waals surface area contributed by atoms with E-state index in [1.54, 1.807) is 0 Å². The van der Waals surface area contributed by atoms with Crippen molar-refractivity contribution in [1.29, 1.82) is 0 Å². The predicted molar refractivity (Wildman–Crippen MR) is 57.0 cm³/mol. The van der Waals surface area contributed by atoms with Crippen molar-refractivity contribution in [3.63, 3.8) is 0 Å². The SMILES string of the molecule is CC1CC(CN)CN1C1CCCC1O. The van der Waals surface area contributed by atoms with Crippen LogP contribution in [-0.4, -0.2) is 41.3 Å². The number of aliphatic hydroxyl groups is 1. The quantitative estimate of drug-likeness (QED) is 0.682. The molecule has 1 saturated carbocycles. The van der Waals surface area contributed by atoms with Gasteiger partial charge in [-0.3, -0.25) is 4.90 Å². The van der Waals surface area contributed by atoms with Gasteiger partial charge in [0.25, 0.3) is 0 Å². The monoisotopic (exact) mass is 198 g/mol. The zero-order valence-corrected chi connectivity index (χ0v) is 9.02. The van der Waals surface area contributed by atoms with Crippen molar-refractivity contribution in [2.24, 2.45) is 11.7 Å². The summed E-state index contributed by atoms with van der Waals surface area (Å²) in [6, 6.07) is 1.03. The molecule has 1 saturated heterocycles. The van der Waals surface area contributed by atoms with Crippen molar-refractivity contribution in [3.05, 3.63) is 0 Å². The maximum absolute atomic E-state index is 9.85. The average Bonchev–Trinajstić information content (AvgIpc) is 2.72. The first kappa shape index (κ1) is 10.4. The lowest BCUT2D eigenvalue weighted by molar-refractivity contribution is 0.0655. The molecule has 82 valence electrons. The molecule has 0 radical (unpaired) electrons. The topological polar surface area (TPSA) is 49.5 Å². The summed E-state index contributed by atoms with van der Waals surface area (Å²) >= 11 is 0. The van der Waals surface area contributed by atoms with Crippen LogP contribution in [0, 0.1) is 5.92 Å². The summed E-state index contributed by atoms with van der Waals surface area (Å²) < 4.78 is 0. The highest BCUT2D eigenvalue weighted by atomic mass is 16.3. The smallest absolute Gasteiger partial charge is 0.0695 e. The molecule has 2 rings (SSSR count). The lowest BCUT2D eigenvalue weighted by atomic mass is 10.1. The molecule has 0 spiro atoms. The van der Waals surface area contributed by atoms with Crippen LogP contribution in [0.3, 0.4) is 0 Å². The Labute approximate surface area is 86.3 Å². The second-order valence-corrected chi connectivity index (χ2v) is 4.95. The van der Waals surface area contributed by atoms with Gasteiger partial charge in [-0.15, -0.1) is 0 Å². The van der Waals surface area contributed by atoms with E-state index >= 15 is 0 Å². The molecule has 1 aliphatic heterocycles. The number of nitrogens with two attached hydrogens (primary N) is 1. The number of hydrogen-bond acceptors (Lipinski definition) is 3. The van der Waals surface area contributed by atoms with E-state index in [-0.39, 0.29) is 6.10 Å². The number of hydrogen-bond donors (Lipinski definition) is 2. The Bertz CT molecular complexity index is 198. The predicted octanol–water partition coefficient (Wildman–Crippen LogP) is 0.569. The molecule has 3 nitrogen and oxygen atoms in total. The average molecular weight is 198 g/mol. The molecule has 2 fully saturated rings. The van der Waals surface area contributed by atoms with Crippen molar-refractivity contribution < 1.29 is 5.11 Å². The summed E-state index contributed by atoms with van der Waals surface area (Å²) in [7, 11) is 0. The van der Waals surface area contributed by atoms with Gasteiger partial charge < -0.3 is 10.8 Å². The third kappa shape index (κ3) is 1.81. The molecule has 0 amide bonds.